The van der Waals surface area contributed by atoms with Crippen molar-refractivity contribution in [1.82, 2.24) is 9.21 Å². The zero-order valence-electron chi connectivity index (χ0n) is 20.3. The second-order valence-corrected chi connectivity index (χ2v) is 11.8. The Morgan fingerprint density at radius 3 is 2.31 bits per heavy atom. The van der Waals surface area contributed by atoms with Gasteiger partial charge in [0.15, 0.2) is 0 Å². The lowest BCUT2D eigenvalue weighted by atomic mass is 9.78. The van der Waals surface area contributed by atoms with Crippen LogP contribution >= 0.6 is 11.6 Å². The van der Waals surface area contributed by atoms with Gasteiger partial charge in [0.25, 0.3) is 0 Å². The van der Waals surface area contributed by atoms with Crippen molar-refractivity contribution in [2.45, 2.75) is 30.7 Å². The molecule has 0 N–H and O–H groups in total. The van der Waals surface area contributed by atoms with E-state index in [1.54, 1.807) is 24.1 Å². The van der Waals surface area contributed by atoms with Gasteiger partial charge >= 0.3 is 0 Å². The summed E-state index contributed by atoms with van der Waals surface area (Å²) >= 11 is 5.97. The van der Waals surface area contributed by atoms with E-state index in [-0.39, 0.29) is 30.4 Å². The predicted molar refractivity (Wildman–Crippen MR) is 141 cm³/mol. The summed E-state index contributed by atoms with van der Waals surface area (Å²) in [6.07, 6.45) is 1.52. The highest BCUT2D eigenvalue weighted by molar-refractivity contribution is 7.89. The van der Waals surface area contributed by atoms with Crippen LogP contribution in [0.2, 0.25) is 5.02 Å². The fourth-order valence-electron chi connectivity index (χ4n) is 4.59. The van der Waals surface area contributed by atoms with Crippen LogP contribution in [0.15, 0.2) is 89.8 Å². The first kappa shape index (κ1) is 26.2. The number of carbonyl (C=O) groups is 1. The number of ether oxygens (including phenoxy) is 1. The van der Waals surface area contributed by atoms with Crippen LogP contribution in [0.5, 0.6) is 5.75 Å². The van der Waals surface area contributed by atoms with Crippen LogP contribution in [0.1, 0.15) is 24.8 Å². The third kappa shape index (κ3) is 6.46. The first-order valence-corrected chi connectivity index (χ1v) is 13.8. The Bertz CT molecular complexity index is 1250. The number of nitrogens with zero attached hydrogens (tertiary/aromatic N) is 2. The minimum Gasteiger partial charge on any atom is -0.493 e. The zero-order chi connectivity index (χ0) is 25.6. The molecule has 6 nitrogen and oxygen atoms in total. The van der Waals surface area contributed by atoms with E-state index < -0.39 is 15.4 Å². The Hall–Kier alpha value is -2.87. The van der Waals surface area contributed by atoms with Crippen molar-refractivity contribution in [2.24, 2.45) is 5.41 Å². The van der Waals surface area contributed by atoms with Gasteiger partial charge in [-0.2, -0.15) is 4.31 Å². The normalized spacial score (nSPS) is 18.5. The Morgan fingerprint density at radius 1 is 1.00 bits per heavy atom. The summed E-state index contributed by atoms with van der Waals surface area (Å²) in [5.74, 6) is 0.654. The van der Waals surface area contributed by atoms with E-state index in [1.807, 2.05) is 60.7 Å². The summed E-state index contributed by atoms with van der Waals surface area (Å²) in [4.78, 5) is 15.3. The molecule has 1 atom stereocenters. The summed E-state index contributed by atoms with van der Waals surface area (Å²) in [7, 11) is -1.96. The Morgan fingerprint density at radius 2 is 1.64 bits per heavy atom. The number of amides is 1. The van der Waals surface area contributed by atoms with Crippen molar-refractivity contribution in [3.05, 3.63) is 95.5 Å². The number of carbonyl (C=O) groups excluding carboxylic acids is 1. The summed E-state index contributed by atoms with van der Waals surface area (Å²) < 4.78 is 34.5. The van der Waals surface area contributed by atoms with Crippen molar-refractivity contribution >= 4 is 27.5 Å². The fraction of sp³-hybridized carbons (Fsp3) is 0.321. The third-order valence-electron chi connectivity index (χ3n) is 6.58. The fourth-order valence-corrected chi connectivity index (χ4v) is 6.31. The minimum absolute atomic E-state index is 0.0405. The van der Waals surface area contributed by atoms with Gasteiger partial charge in [0.1, 0.15) is 5.75 Å². The maximum absolute atomic E-state index is 13.5. The number of hydrogen-bond donors (Lipinski definition) is 0. The highest BCUT2D eigenvalue weighted by Gasteiger charge is 2.43. The molecule has 8 heteroatoms. The van der Waals surface area contributed by atoms with Crippen molar-refractivity contribution in [1.29, 1.82) is 0 Å². The first-order chi connectivity index (χ1) is 17.3. The lowest BCUT2D eigenvalue weighted by Gasteiger charge is -2.42. The van der Waals surface area contributed by atoms with Gasteiger partial charge in [-0.1, -0.05) is 60.1 Å². The molecule has 1 fully saturated rings. The predicted octanol–water partition coefficient (Wildman–Crippen LogP) is 5.24. The van der Waals surface area contributed by atoms with Crippen LogP contribution < -0.4 is 4.74 Å². The van der Waals surface area contributed by atoms with Crippen LogP contribution in [-0.2, 0) is 21.4 Å². The average molecular weight is 527 g/mol. The van der Waals surface area contributed by atoms with Gasteiger partial charge in [0, 0.05) is 43.5 Å². The monoisotopic (exact) mass is 526 g/mol. The number of sulfonamides is 1. The Balaban J connectivity index is 1.56. The van der Waals surface area contributed by atoms with Gasteiger partial charge in [-0.3, -0.25) is 4.79 Å². The minimum atomic E-state index is -3.74. The smallest absolute Gasteiger partial charge is 0.243 e. The molecule has 3 aromatic carbocycles. The van der Waals surface area contributed by atoms with Crippen molar-refractivity contribution < 1.29 is 17.9 Å². The summed E-state index contributed by atoms with van der Waals surface area (Å²) in [6, 6.07) is 25.4. The summed E-state index contributed by atoms with van der Waals surface area (Å²) in [6.45, 7) is 1.33. The van der Waals surface area contributed by atoms with Gasteiger partial charge in [0.2, 0.25) is 15.9 Å². The van der Waals surface area contributed by atoms with E-state index in [2.05, 4.69) is 0 Å². The number of benzene rings is 3. The molecule has 4 rings (SSSR count). The second-order valence-electron chi connectivity index (χ2n) is 9.41. The standard InChI is InChI=1S/C28H31ClN2O4S/c1-30(20-23-9-4-2-5-10-23)27(32)19-28(22-35-25-11-6-3-7-12-25)17-8-18-31(21-28)36(33,34)26-15-13-24(29)14-16-26/h2-7,9-16H,8,17-22H2,1H3. The summed E-state index contributed by atoms with van der Waals surface area (Å²) in [5.41, 5.74) is 0.383. The molecular weight excluding hydrogens is 496 g/mol. The molecule has 1 aliphatic heterocycles. The molecular formula is C28H31ClN2O4S. The van der Waals surface area contributed by atoms with E-state index in [4.69, 9.17) is 16.3 Å². The molecule has 0 spiro atoms. The van der Waals surface area contributed by atoms with E-state index in [9.17, 15) is 13.2 Å². The van der Waals surface area contributed by atoms with Gasteiger partial charge in [-0.15, -0.1) is 0 Å². The van der Waals surface area contributed by atoms with E-state index in [0.29, 0.717) is 36.7 Å². The zero-order valence-corrected chi connectivity index (χ0v) is 21.9. The van der Waals surface area contributed by atoms with E-state index >= 15 is 0 Å². The Labute approximate surface area is 218 Å². The number of rotatable bonds is 9. The molecule has 0 radical (unpaired) electrons. The summed E-state index contributed by atoms with van der Waals surface area (Å²) in [5, 5.41) is 0.477. The quantitative estimate of drug-likeness (QED) is 0.382. The third-order valence-corrected chi connectivity index (χ3v) is 8.69. The van der Waals surface area contributed by atoms with Crippen molar-refractivity contribution in [3.63, 3.8) is 0 Å². The van der Waals surface area contributed by atoms with Gasteiger partial charge < -0.3 is 9.64 Å². The lowest BCUT2D eigenvalue weighted by molar-refractivity contribution is -0.134. The maximum Gasteiger partial charge on any atom is 0.243 e. The van der Waals surface area contributed by atoms with Crippen LogP contribution in [0.4, 0.5) is 0 Å². The van der Waals surface area contributed by atoms with Crippen LogP contribution in [0, 0.1) is 5.41 Å². The van der Waals surface area contributed by atoms with Crippen molar-refractivity contribution in [3.8, 4) is 5.75 Å². The molecule has 1 unspecified atom stereocenters. The highest BCUT2D eigenvalue weighted by atomic mass is 35.5. The first-order valence-electron chi connectivity index (χ1n) is 12.0. The van der Waals surface area contributed by atoms with Crippen LogP contribution in [0.3, 0.4) is 0 Å². The highest BCUT2D eigenvalue weighted by Crippen LogP contribution is 2.37. The van der Waals surface area contributed by atoms with E-state index in [1.165, 1.54) is 16.4 Å². The molecule has 36 heavy (non-hydrogen) atoms. The molecule has 1 aliphatic rings. The number of halogens is 1. The topological polar surface area (TPSA) is 66.9 Å². The van der Waals surface area contributed by atoms with Gasteiger partial charge in [0.05, 0.1) is 11.5 Å². The van der Waals surface area contributed by atoms with Crippen LogP contribution in [0.25, 0.3) is 0 Å². The average Bonchev–Trinajstić information content (AvgIpc) is 2.89. The molecule has 190 valence electrons. The molecule has 0 aromatic heterocycles. The van der Waals surface area contributed by atoms with Crippen molar-refractivity contribution in [2.75, 3.05) is 26.7 Å². The van der Waals surface area contributed by atoms with Gasteiger partial charge in [-0.05, 0) is 54.8 Å². The molecule has 1 saturated heterocycles. The molecule has 3 aromatic rings. The molecule has 1 amide bonds. The number of hydrogen-bond acceptors (Lipinski definition) is 4. The number of piperidine rings is 1. The molecule has 1 heterocycles. The van der Waals surface area contributed by atoms with E-state index in [0.717, 1.165) is 5.56 Å². The number of para-hydroxylation sites is 1. The second kappa shape index (κ2) is 11.5. The molecule has 0 aliphatic carbocycles. The lowest BCUT2D eigenvalue weighted by Crippen LogP contribution is -2.50. The SMILES string of the molecule is CN(Cc1ccccc1)C(=O)CC1(COc2ccccc2)CCCN(S(=O)(=O)c2ccc(Cl)cc2)C1. The largest absolute Gasteiger partial charge is 0.493 e. The molecule has 0 bridgehead atoms. The maximum atomic E-state index is 13.5. The Kier molecular flexibility index (Phi) is 8.34. The van der Waals surface area contributed by atoms with Gasteiger partial charge in [-0.25, -0.2) is 8.42 Å². The van der Waals surface area contributed by atoms with Crippen LogP contribution in [-0.4, -0.2) is 50.3 Å². The molecule has 0 saturated carbocycles.